The van der Waals surface area contributed by atoms with E-state index in [9.17, 15) is 14.4 Å². The molecule has 0 bridgehead atoms. The van der Waals surface area contributed by atoms with Crippen molar-refractivity contribution in [3.8, 4) is 17.1 Å². The Bertz CT molecular complexity index is 1570. The molecule has 0 atom stereocenters. The highest BCUT2D eigenvalue weighted by atomic mass is 16.5. The lowest BCUT2D eigenvalue weighted by molar-refractivity contribution is -0.117. The summed E-state index contributed by atoms with van der Waals surface area (Å²) in [4.78, 5) is 45.1. The van der Waals surface area contributed by atoms with Crippen LogP contribution in [0.5, 0.6) is 5.75 Å². The van der Waals surface area contributed by atoms with Crippen molar-refractivity contribution >= 4 is 58.5 Å². The third kappa shape index (κ3) is 8.01. The van der Waals surface area contributed by atoms with Crippen molar-refractivity contribution in [1.82, 2.24) is 35.9 Å². The van der Waals surface area contributed by atoms with E-state index < -0.39 is 17.1 Å². The van der Waals surface area contributed by atoms with Crippen molar-refractivity contribution in [3.05, 3.63) is 35.9 Å². The maximum atomic E-state index is 13.2. The summed E-state index contributed by atoms with van der Waals surface area (Å²) in [6.45, 7) is 0. The van der Waals surface area contributed by atoms with E-state index in [1.54, 1.807) is 24.3 Å². The molecular weight excluding hydrogens is 575 g/mol. The van der Waals surface area contributed by atoms with Gasteiger partial charge in [-0.25, -0.2) is 0 Å². The normalized spacial score (nSPS) is 18.2. The molecule has 0 radical (unpaired) electrons. The van der Waals surface area contributed by atoms with Crippen LogP contribution in [0.2, 0.25) is 0 Å². The number of ether oxygens (including phenoxy) is 1. The van der Waals surface area contributed by atoms with Gasteiger partial charge in [0.15, 0.2) is 17.3 Å². The molecule has 1 aromatic carbocycles. The van der Waals surface area contributed by atoms with Crippen LogP contribution < -0.4 is 26.0 Å². The zero-order valence-corrected chi connectivity index (χ0v) is 26.6. The number of rotatable bonds is 11. The van der Waals surface area contributed by atoms with Crippen LogP contribution in [0, 0.1) is 5.92 Å². The van der Waals surface area contributed by atoms with Gasteiger partial charge in [0.1, 0.15) is 23.5 Å². The van der Waals surface area contributed by atoms with Crippen molar-refractivity contribution in [2.45, 2.75) is 55.8 Å². The van der Waals surface area contributed by atoms with E-state index in [4.69, 9.17) is 9.26 Å². The summed E-state index contributed by atoms with van der Waals surface area (Å²) in [5, 5.41) is 23.6. The third-order valence-electron chi connectivity index (χ3n) is 7.81. The van der Waals surface area contributed by atoms with E-state index in [-0.39, 0.29) is 41.1 Å². The largest absolute Gasteiger partial charge is 0.494 e. The van der Waals surface area contributed by atoms with Crippen LogP contribution in [-0.2, 0) is 4.79 Å². The molecule has 17 heteroatoms. The lowest BCUT2D eigenvalue weighted by atomic mass is 9.49. The first-order valence-corrected chi connectivity index (χ1v) is 15.2. The maximum Gasteiger partial charge on any atom is 0.316 e. The van der Waals surface area contributed by atoms with Gasteiger partial charge < -0.3 is 35.4 Å². The van der Waals surface area contributed by atoms with E-state index in [1.807, 2.05) is 23.5 Å². The summed E-state index contributed by atoms with van der Waals surface area (Å²) in [5.74, 6) is -0.479. The van der Waals surface area contributed by atoms with E-state index in [0.29, 0.717) is 28.7 Å². The summed E-state index contributed by atoms with van der Waals surface area (Å²) >= 11 is 0. The second-order valence-electron chi connectivity index (χ2n) is 12.8. The number of carbonyl (C=O) groups excluding carboxylic acids is 3. The van der Waals surface area contributed by atoms with Crippen LogP contribution in [0.25, 0.3) is 11.4 Å². The fourth-order valence-electron chi connectivity index (χ4n) is 5.27. The molecule has 2 saturated carbocycles. The van der Waals surface area contributed by atoms with E-state index in [1.165, 1.54) is 7.11 Å². The average Bonchev–Trinajstić information content (AvgIpc) is 3.73. The standard InChI is InChI=1S/C28H38B3N9O5/c1-40(2)16-11-9-15(10-12-16)32-26(43)27-35-23(39-45-27)17-5-4-6-18(22(17)44-3)33-19-13-20(34-24(41)14-7-8-14)37-38-21(19)25(42)36-28(29,30)31/h4-6,13-16H,7-12,29-31H2,1-3H3,(H,32,43)(H,36,42)(H2,33,34,37,41). The highest BCUT2D eigenvalue weighted by Gasteiger charge is 2.31. The lowest BCUT2D eigenvalue weighted by Crippen LogP contribution is -2.50. The number of methoxy groups -OCH3 is 1. The fourth-order valence-corrected chi connectivity index (χ4v) is 5.27. The molecule has 3 amide bonds. The number of hydrogen-bond donors (Lipinski definition) is 4. The van der Waals surface area contributed by atoms with Gasteiger partial charge in [-0.3, -0.25) is 14.4 Å². The van der Waals surface area contributed by atoms with Crippen molar-refractivity contribution < 1.29 is 23.6 Å². The minimum atomic E-state index is -0.527. The molecule has 0 spiro atoms. The van der Waals surface area contributed by atoms with Crippen molar-refractivity contribution in [1.29, 1.82) is 0 Å². The molecule has 45 heavy (non-hydrogen) atoms. The fraction of sp³-hybridized carbons (Fsp3) is 0.464. The zero-order chi connectivity index (χ0) is 32.3. The summed E-state index contributed by atoms with van der Waals surface area (Å²) < 4.78 is 11.1. The molecule has 2 aliphatic carbocycles. The molecule has 234 valence electrons. The van der Waals surface area contributed by atoms with Crippen LogP contribution in [0.1, 0.15) is 59.7 Å². The number of benzene rings is 1. The third-order valence-corrected chi connectivity index (χ3v) is 7.81. The Morgan fingerprint density at radius 2 is 1.73 bits per heavy atom. The number of nitrogens with zero attached hydrogens (tertiary/aromatic N) is 5. The molecule has 4 N–H and O–H groups in total. The van der Waals surface area contributed by atoms with E-state index >= 15 is 0 Å². The quantitative estimate of drug-likeness (QED) is 0.205. The summed E-state index contributed by atoms with van der Waals surface area (Å²) in [6, 6.07) is 7.34. The van der Waals surface area contributed by atoms with Crippen LogP contribution in [0.3, 0.4) is 0 Å². The highest BCUT2D eigenvalue weighted by Crippen LogP contribution is 2.38. The van der Waals surface area contributed by atoms with Gasteiger partial charge in [-0.1, -0.05) is 11.2 Å². The Balaban J connectivity index is 1.38. The molecule has 2 aliphatic rings. The second-order valence-corrected chi connectivity index (χ2v) is 12.8. The minimum absolute atomic E-state index is 0.0277. The second kappa shape index (κ2) is 13.3. The Morgan fingerprint density at radius 3 is 2.38 bits per heavy atom. The molecule has 2 fully saturated rings. The number of amides is 3. The number of carbonyl (C=O) groups is 3. The number of anilines is 3. The van der Waals surface area contributed by atoms with Gasteiger partial charge >= 0.3 is 11.8 Å². The van der Waals surface area contributed by atoms with Gasteiger partial charge in [0.05, 0.1) is 24.0 Å². The van der Waals surface area contributed by atoms with Crippen LogP contribution in [-0.4, -0.2) is 105 Å². The monoisotopic (exact) mass is 613 g/mol. The first-order valence-electron chi connectivity index (χ1n) is 15.2. The molecule has 0 saturated heterocycles. The van der Waals surface area contributed by atoms with Gasteiger partial charge in [0, 0.05) is 24.1 Å². The molecule has 3 aromatic rings. The van der Waals surface area contributed by atoms with E-state index in [2.05, 4.69) is 60.6 Å². The number of nitrogens with one attached hydrogen (secondary N) is 4. The Kier molecular flexibility index (Phi) is 9.46. The molecule has 14 nitrogen and oxygen atoms in total. The van der Waals surface area contributed by atoms with Gasteiger partial charge in [-0.05, 0) is 70.0 Å². The lowest BCUT2D eigenvalue weighted by Gasteiger charge is -2.32. The summed E-state index contributed by atoms with van der Waals surface area (Å²) in [6.07, 6.45) is 5.43. The average molecular weight is 613 g/mol. The predicted molar refractivity (Wildman–Crippen MR) is 176 cm³/mol. The van der Waals surface area contributed by atoms with Crippen LogP contribution in [0.4, 0.5) is 17.2 Å². The van der Waals surface area contributed by atoms with Gasteiger partial charge in [-0.2, -0.15) is 4.98 Å². The molecule has 2 aromatic heterocycles. The number of para-hydroxylation sites is 1. The molecule has 0 unspecified atom stereocenters. The topological polar surface area (TPSA) is 176 Å². The first kappa shape index (κ1) is 32.0. The Morgan fingerprint density at radius 1 is 1.00 bits per heavy atom. The summed E-state index contributed by atoms with van der Waals surface area (Å²) in [5.41, 5.74) is 1.24. The van der Waals surface area contributed by atoms with Gasteiger partial charge in [0.2, 0.25) is 11.7 Å². The molecular formula is C28H38B3N9O5. The van der Waals surface area contributed by atoms with Crippen LogP contribution >= 0.6 is 0 Å². The molecule has 0 aliphatic heterocycles. The molecule has 2 heterocycles. The minimum Gasteiger partial charge on any atom is -0.494 e. The van der Waals surface area contributed by atoms with Crippen LogP contribution in [0.15, 0.2) is 28.8 Å². The number of hydrogen-bond acceptors (Lipinski definition) is 11. The predicted octanol–water partition coefficient (Wildman–Crippen LogP) is -0.530. The summed E-state index contributed by atoms with van der Waals surface area (Å²) in [7, 11) is 11.2. The molecule has 5 rings (SSSR count). The highest BCUT2D eigenvalue weighted by molar-refractivity contribution is 6.60. The van der Waals surface area contributed by atoms with Crippen molar-refractivity contribution in [2.24, 2.45) is 5.92 Å². The van der Waals surface area contributed by atoms with Crippen molar-refractivity contribution in [3.63, 3.8) is 0 Å². The zero-order valence-electron chi connectivity index (χ0n) is 26.6. The Hall–Kier alpha value is -4.40. The first-order chi connectivity index (χ1) is 21.4. The maximum absolute atomic E-state index is 13.2. The van der Waals surface area contributed by atoms with Crippen molar-refractivity contribution in [2.75, 3.05) is 31.8 Å². The number of aromatic nitrogens is 4. The van der Waals surface area contributed by atoms with E-state index in [0.717, 1.165) is 38.5 Å². The smallest absolute Gasteiger partial charge is 0.316 e. The SMILES string of the molecule is BC(B)(B)NC(=O)c1nnc(NC(=O)C2CC2)cc1Nc1cccc(-c2noc(C(=O)NC3CCC(N(C)C)CC3)n2)c1OC. The van der Waals surface area contributed by atoms with Gasteiger partial charge in [0.25, 0.3) is 5.91 Å². The Labute approximate surface area is 264 Å². The van der Waals surface area contributed by atoms with Gasteiger partial charge in [-0.15, -0.1) is 10.2 Å².